The van der Waals surface area contributed by atoms with Gasteiger partial charge in [0.25, 0.3) is 5.91 Å². The van der Waals surface area contributed by atoms with Crippen molar-refractivity contribution >= 4 is 65.0 Å². The average molecular weight is 1190 g/mol. The maximum absolute atomic E-state index is 14.8. The van der Waals surface area contributed by atoms with Gasteiger partial charge in [-0.2, -0.15) is 13.2 Å². The Labute approximate surface area is 490 Å². The van der Waals surface area contributed by atoms with Crippen molar-refractivity contribution < 1.29 is 80.1 Å². The number of amides is 7. The van der Waals surface area contributed by atoms with Gasteiger partial charge in [0.1, 0.15) is 53.1 Å². The SMILES string of the molecule is Cc1ccccc1C[C@H](NC(=O)[C@H](CCC(=O)OC(C)(C)C)NC(=O)[C@H](CC(=O)OC(C)(C)C)NC(=O)CCC(=O)OC(C)(C)C)C(=O)N[C@H](C(=O)N[C@@H](CC(C)C)C(=O)NC(CC(F)(F)F)C(=O)C(=O)N[C@@H](C)c1ccccc1)C(C)(C)C. The summed E-state index contributed by atoms with van der Waals surface area (Å²) in [5, 5.41) is 17.1. The van der Waals surface area contributed by atoms with E-state index in [1.54, 1.807) is 158 Å². The molecule has 0 fully saturated rings. The zero-order chi connectivity index (χ0) is 64.3. The van der Waals surface area contributed by atoms with E-state index in [0.29, 0.717) is 16.7 Å². The van der Waals surface area contributed by atoms with Crippen LogP contribution in [0.3, 0.4) is 0 Å². The molecule has 2 aromatic carbocycles. The van der Waals surface area contributed by atoms with Gasteiger partial charge >= 0.3 is 24.1 Å². The first-order valence-corrected chi connectivity index (χ1v) is 27.9. The molecule has 0 spiro atoms. The molecule has 1 unspecified atom stereocenters. The van der Waals surface area contributed by atoms with Crippen molar-refractivity contribution in [2.75, 3.05) is 0 Å². The molecule has 21 nitrogen and oxygen atoms in total. The first kappa shape index (κ1) is 72.7. The van der Waals surface area contributed by atoms with Gasteiger partial charge in [0.15, 0.2) is 0 Å². The minimum atomic E-state index is -5.04. The van der Waals surface area contributed by atoms with Gasteiger partial charge in [-0.15, -0.1) is 0 Å². The summed E-state index contributed by atoms with van der Waals surface area (Å²) >= 11 is 0. The summed E-state index contributed by atoms with van der Waals surface area (Å²) in [5.74, 6) is -12.0. The average Bonchev–Trinajstić information content (AvgIpc) is 3.55. The highest BCUT2D eigenvalue weighted by Crippen LogP contribution is 2.25. The van der Waals surface area contributed by atoms with Crippen LogP contribution in [-0.4, -0.2) is 124 Å². The fraction of sp³-hybridized carbons (Fsp3) is 0.617. The molecule has 2 aromatic rings. The monoisotopic (exact) mass is 1190 g/mol. The van der Waals surface area contributed by atoms with E-state index in [9.17, 15) is 65.9 Å². The van der Waals surface area contributed by atoms with Crippen molar-refractivity contribution in [1.82, 2.24) is 37.2 Å². The van der Waals surface area contributed by atoms with E-state index in [1.165, 1.54) is 6.92 Å². The highest BCUT2D eigenvalue weighted by molar-refractivity contribution is 6.38. The van der Waals surface area contributed by atoms with Crippen molar-refractivity contribution in [2.45, 2.75) is 227 Å². The molecule has 0 aromatic heterocycles. The third kappa shape index (κ3) is 28.3. The molecular weight excluding hydrogens is 1100 g/mol. The standard InChI is InChI=1S/C60H88F3N7O14/c1-34(2)30-40(51(77)69-43(33-60(61,62)63)48(75)54(80)64-36(4)37-23-18-17-19-24-37)68-55(81)49(56(5,6)7)70-53(79)41(31-38-25-21-20-22-35(38)3)67-50(76)39(26-28-45(72)82-57(8,9)10)66-52(78)42(32-47(74)84-59(14,15)16)65-44(71)27-29-46(73)83-58(11,12)13/h17-25,34,36,39-43,49H,26-33H2,1-16H3,(H,64,80)(H,65,71)(H,66,78)(H,67,76)(H,68,81)(H,69,77)(H,70,79)/t36-,39-,40-,41-,42-,43?,49+/m0/s1. The lowest BCUT2D eigenvalue weighted by atomic mass is 9.85. The summed E-state index contributed by atoms with van der Waals surface area (Å²) in [6.45, 7) is 25.7. The number of carbonyl (C=O) groups excluding carboxylic acids is 11. The highest BCUT2D eigenvalue weighted by atomic mass is 19.4. The van der Waals surface area contributed by atoms with E-state index in [2.05, 4.69) is 31.9 Å². The number of ketones is 1. The Morgan fingerprint density at radius 3 is 1.48 bits per heavy atom. The van der Waals surface area contributed by atoms with E-state index >= 15 is 0 Å². The van der Waals surface area contributed by atoms with Gasteiger partial charge in [-0.3, -0.25) is 52.7 Å². The minimum Gasteiger partial charge on any atom is -0.460 e. The lowest BCUT2D eigenvalue weighted by Gasteiger charge is -2.34. The van der Waals surface area contributed by atoms with Gasteiger partial charge in [-0.25, -0.2) is 0 Å². The zero-order valence-electron chi connectivity index (χ0n) is 51.3. The Morgan fingerprint density at radius 2 is 0.952 bits per heavy atom. The molecule has 0 aliphatic rings. The number of hydrogen-bond acceptors (Lipinski definition) is 14. The van der Waals surface area contributed by atoms with E-state index in [0.717, 1.165) is 0 Å². The predicted molar refractivity (Wildman–Crippen MR) is 305 cm³/mol. The second kappa shape index (κ2) is 31.5. The molecule has 468 valence electrons. The zero-order valence-corrected chi connectivity index (χ0v) is 51.3. The van der Waals surface area contributed by atoms with Crippen LogP contribution in [-0.2, 0) is 73.4 Å². The van der Waals surface area contributed by atoms with Gasteiger partial charge in [-0.1, -0.05) is 89.2 Å². The molecule has 0 saturated heterocycles. The van der Waals surface area contributed by atoms with Gasteiger partial charge < -0.3 is 51.4 Å². The number of halogens is 3. The third-order valence-corrected chi connectivity index (χ3v) is 12.1. The minimum absolute atomic E-state index is 0.191. The molecule has 0 aliphatic heterocycles. The third-order valence-electron chi connectivity index (χ3n) is 12.1. The van der Waals surface area contributed by atoms with Gasteiger partial charge in [-0.05, 0) is 117 Å². The normalized spacial score (nSPS) is 14.6. The van der Waals surface area contributed by atoms with Crippen LogP contribution in [0.2, 0.25) is 0 Å². The number of alkyl halides is 3. The van der Waals surface area contributed by atoms with E-state index in [1.807, 2.05) is 5.32 Å². The maximum Gasteiger partial charge on any atom is 0.391 e. The topological polar surface area (TPSA) is 300 Å². The smallest absolute Gasteiger partial charge is 0.391 e. The van der Waals surface area contributed by atoms with Crippen LogP contribution < -0.4 is 37.2 Å². The van der Waals surface area contributed by atoms with Crippen molar-refractivity contribution in [2.24, 2.45) is 11.3 Å². The van der Waals surface area contributed by atoms with Crippen LogP contribution in [0, 0.1) is 18.3 Å². The number of rotatable bonds is 28. The number of Topliss-reactive ketones (excluding diaryl/α,β-unsaturated/α-hetero) is 1. The molecule has 2 rings (SSSR count). The first-order chi connectivity index (χ1) is 38.4. The summed E-state index contributed by atoms with van der Waals surface area (Å²) in [6.07, 6.45) is -9.96. The van der Waals surface area contributed by atoms with Crippen molar-refractivity contribution in [3.8, 4) is 0 Å². The summed E-state index contributed by atoms with van der Waals surface area (Å²) in [4.78, 5) is 151. The van der Waals surface area contributed by atoms with Crippen LogP contribution in [0.25, 0.3) is 0 Å². The summed E-state index contributed by atoms with van der Waals surface area (Å²) in [7, 11) is 0. The summed E-state index contributed by atoms with van der Waals surface area (Å²) in [6, 6.07) is 3.70. The Morgan fingerprint density at radius 1 is 0.488 bits per heavy atom. The molecule has 24 heteroatoms. The second-order valence-corrected chi connectivity index (χ2v) is 25.2. The molecule has 7 N–H and O–H groups in total. The molecule has 0 heterocycles. The number of esters is 3. The molecule has 84 heavy (non-hydrogen) atoms. The van der Waals surface area contributed by atoms with E-state index in [4.69, 9.17) is 14.2 Å². The van der Waals surface area contributed by atoms with Crippen molar-refractivity contribution in [1.29, 1.82) is 0 Å². The van der Waals surface area contributed by atoms with Crippen LogP contribution in [0.5, 0.6) is 0 Å². The summed E-state index contributed by atoms with van der Waals surface area (Å²) < 4.78 is 58.2. The molecule has 0 bridgehead atoms. The van der Waals surface area contributed by atoms with Crippen LogP contribution in [0.15, 0.2) is 54.6 Å². The van der Waals surface area contributed by atoms with Crippen molar-refractivity contribution in [3.63, 3.8) is 0 Å². The fourth-order valence-electron chi connectivity index (χ4n) is 8.21. The Bertz CT molecular complexity index is 2640. The molecule has 0 saturated carbocycles. The molecule has 0 aliphatic carbocycles. The van der Waals surface area contributed by atoms with Crippen molar-refractivity contribution in [3.05, 3.63) is 71.3 Å². The summed E-state index contributed by atoms with van der Waals surface area (Å²) in [5.41, 5.74) is -2.33. The van der Waals surface area contributed by atoms with E-state index in [-0.39, 0.29) is 12.8 Å². The van der Waals surface area contributed by atoms with Gasteiger partial charge in [0, 0.05) is 19.3 Å². The number of hydrogen-bond donors (Lipinski definition) is 7. The number of carbonyl (C=O) groups is 11. The quantitative estimate of drug-likeness (QED) is 0.0296. The predicted octanol–water partition coefficient (Wildman–Crippen LogP) is 5.91. The van der Waals surface area contributed by atoms with E-state index < -0.39 is 180 Å². The Hall–Kier alpha value is -7.40. The van der Waals surface area contributed by atoms with Crippen LogP contribution in [0.4, 0.5) is 13.2 Å². The van der Waals surface area contributed by atoms with Crippen LogP contribution in [0.1, 0.15) is 172 Å². The highest BCUT2D eigenvalue weighted by Gasteiger charge is 2.42. The first-order valence-electron chi connectivity index (χ1n) is 27.9. The number of nitrogens with one attached hydrogen (secondary N) is 7. The van der Waals surface area contributed by atoms with Gasteiger partial charge in [0.05, 0.1) is 25.3 Å². The molecule has 7 amide bonds. The lowest BCUT2D eigenvalue weighted by Crippen LogP contribution is -2.62. The van der Waals surface area contributed by atoms with Gasteiger partial charge in [0.2, 0.25) is 41.2 Å². The lowest BCUT2D eigenvalue weighted by molar-refractivity contribution is -0.158. The Balaban J connectivity index is 2.63. The number of ether oxygens (including phenoxy) is 3. The van der Waals surface area contributed by atoms with Crippen LogP contribution >= 0.6 is 0 Å². The second-order valence-electron chi connectivity index (χ2n) is 25.2. The molecule has 0 radical (unpaired) electrons. The number of aryl methyl sites for hydroxylation is 1. The molecule has 7 atom stereocenters. The number of benzene rings is 2. The largest absolute Gasteiger partial charge is 0.460 e. The molecular formula is C60H88F3N7O14. The maximum atomic E-state index is 14.8. The Kier molecular flexibility index (Phi) is 27.2. The fourth-order valence-corrected chi connectivity index (χ4v) is 8.21.